The van der Waals surface area contributed by atoms with Crippen LogP contribution in [0.4, 0.5) is 14.6 Å². The first-order valence-corrected chi connectivity index (χ1v) is 9.29. The Morgan fingerprint density at radius 2 is 2.22 bits per heavy atom. The molecule has 3 rings (SSSR count). The minimum absolute atomic E-state index is 0.0570. The van der Waals surface area contributed by atoms with Crippen molar-refractivity contribution in [1.29, 1.82) is 0 Å². The van der Waals surface area contributed by atoms with Gasteiger partial charge in [0.15, 0.2) is 5.96 Å². The first-order valence-electron chi connectivity index (χ1n) is 8.91. The molecule has 0 spiro atoms. The number of aromatic nitrogens is 1. The molecule has 0 radical (unpaired) electrons. The van der Waals surface area contributed by atoms with E-state index >= 15 is 0 Å². The Labute approximate surface area is 162 Å². The molecule has 1 aromatic heterocycles. The van der Waals surface area contributed by atoms with Crippen LogP contribution in [0.25, 0.3) is 0 Å². The molecule has 1 aliphatic rings. The van der Waals surface area contributed by atoms with Crippen molar-refractivity contribution in [2.45, 2.75) is 25.9 Å². The van der Waals surface area contributed by atoms with Crippen LogP contribution in [0.3, 0.4) is 0 Å². The standard InChI is InChI=1S/C19H22ClF2N5/c1-2-23-19(25-11-13-10-14(21)5-6-17(13)22)26-15-7-9-27(12-15)18-16(20)4-3-8-24-18/h3-6,8,10,15H,2,7,9,11-12H2,1H3,(H2,23,25,26). The number of halogens is 3. The smallest absolute Gasteiger partial charge is 0.191 e. The highest BCUT2D eigenvalue weighted by atomic mass is 35.5. The number of rotatable bonds is 5. The Balaban J connectivity index is 1.64. The lowest BCUT2D eigenvalue weighted by atomic mass is 10.2. The summed E-state index contributed by atoms with van der Waals surface area (Å²) in [4.78, 5) is 10.9. The van der Waals surface area contributed by atoms with Gasteiger partial charge < -0.3 is 15.5 Å². The molecule has 1 fully saturated rings. The van der Waals surface area contributed by atoms with Crippen molar-refractivity contribution in [3.05, 3.63) is 58.7 Å². The van der Waals surface area contributed by atoms with Crippen LogP contribution in [-0.2, 0) is 6.54 Å². The van der Waals surface area contributed by atoms with Gasteiger partial charge in [0.05, 0.1) is 11.6 Å². The van der Waals surface area contributed by atoms with Gasteiger partial charge in [0.2, 0.25) is 0 Å². The molecule has 1 aliphatic heterocycles. The number of aliphatic imine (C=N–C) groups is 1. The molecule has 2 heterocycles. The highest BCUT2D eigenvalue weighted by molar-refractivity contribution is 6.32. The molecule has 0 amide bonds. The molecule has 1 unspecified atom stereocenters. The number of anilines is 1. The number of nitrogens with one attached hydrogen (secondary N) is 2. The summed E-state index contributed by atoms with van der Waals surface area (Å²) >= 11 is 6.23. The summed E-state index contributed by atoms with van der Waals surface area (Å²) in [6, 6.07) is 7.16. The topological polar surface area (TPSA) is 52.6 Å². The molecule has 144 valence electrons. The molecule has 0 bridgehead atoms. The lowest BCUT2D eigenvalue weighted by Gasteiger charge is -2.20. The van der Waals surface area contributed by atoms with E-state index in [0.717, 1.165) is 37.5 Å². The Kier molecular flexibility index (Phi) is 6.45. The molecule has 2 N–H and O–H groups in total. The van der Waals surface area contributed by atoms with Crippen LogP contribution >= 0.6 is 11.6 Å². The van der Waals surface area contributed by atoms with E-state index in [-0.39, 0.29) is 18.2 Å². The zero-order valence-electron chi connectivity index (χ0n) is 15.1. The third-order valence-corrected chi connectivity index (χ3v) is 4.62. The maximum absolute atomic E-state index is 13.8. The Hall–Kier alpha value is -2.41. The van der Waals surface area contributed by atoms with Gasteiger partial charge in [0.1, 0.15) is 17.5 Å². The van der Waals surface area contributed by atoms with Gasteiger partial charge in [-0.25, -0.2) is 18.8 Å². The van der Waals surface area contributed by atoms with Crippen molar-refractivity contribution in [2.24, 2.45) is 4.99 Å². The fourth-order valence-corrected chi connectivity index (χ4v) is 3.26. The molecule has 27 heavy (non-hydrogen) atoms. The van der Waals surface area contributed by atoms with Gasteiger partial charge in [-0.2, -0.15) is 0 Å². The first kappa shape index (κ1) is 19.4. The summed E-state index contributed by atoms with van der Waals surface area (Å²) in [5.41, 5.74) is 0.223. The molecule has 0 saturated carbocycles. The molecule has 1 aromatic carbocycles. The average Bonchev–Trinajstić information content (AvgIpc) is 3.11. The maximum Gasteiger partial charge on any atom is 0.191 e. The predicted octanol–water partition coefficient (Wildman–Crippen LogP) is 3.35. The second-order valence-corrected chi connectivity index (χ2v) is 6.72. The molecule has 2 aromatic rings. The van der Waals surface area contributed by atoms with Gasteiger partial charge in [0.25, 0.3) is 0 Å². The van der Waals surface area contributed by atoms with E-state index in [9.17, 15) is 8.78 Å². The molecule has 0 aliphatic carbocycles. The Bertz CT molecular complexity index is 814. The summed E-state index contributed by atoms with van der Waals surface area (Å²) in [6.45, 7) is 4.23. The average molecular weight is 394 g/mol. The minimum atomic E-state index is -0.474. The largest absolute Gasteiger partial charge is 0.357 e. The minimum Gasteiger partial charge on any atom is -0.357 e. The second-order valence-electron chi connectivity index (χ2n) is 6.32. The highest BCUT2D eigenvalue weighted by Gasteiger charge is 2.25. The number of guanidine groups is 1. The summed E-state index contributed by atoms with van der Waals surface area (Å²) in [5.74, 6) is 0.401. The normalized spacial score (nSPS) is 17.3. The number of nitrogens with zero attached hydrogens (tertiary/aromatic N) is 3. The van der Waals surface area contributed by atoms with Crippen molar-refractivity contribution in [3.63, 3.8) is 0 Å². The van der Waals surface area contributed by atoms with Crippen LogP contribution in [0.2, 0.25) is 5.02 Å². The summed E-state index contributed by atoms with van der Waals surface area (Å²) < 4.78 is 27.1. The van der Waals surface area contributed by atoms with Crippen LogP contribution in [0.1, 0.15) is 18.9 Å². The van der Waals surface area contributed by atoms with Crippen LogP contribution in [0.5, 0.6) is 0 Å². The third-order valence-electron chi connectivity index (χ3n) is 4.33. The van der Waals surface area contributed by atoms with Gasteiger partial charge in [-0.05, 0) is 43.7 Å². The van der Waals surface area contributed by atoms with Crippen LogP contribution < -0.4 is 15.5 Å². The lowest BCUT2D eigenvalue weighted by Crippen LogP contribution is -2.44. The summed E-state index contributed by atoms with van der Waals surface area (Å²) in [6.07, 6.45) is 2.62. The molecular formula is C19H22ClF2N5. The van der Waals surface area contributed by atoms with Gasteiger partial charge >= 0.3 is 0 Å². The van der Waals surface area contributed by atoms with Gasteiger partial charge in [-0.3, -0.25) is 0 Å². The van der Waals surface area contributed by atoms with Crippen molar-refractivity contribution in [1.82, 2.24) is 15.6 Å². The number of hydrogen-bond donors (Lipinski definition) is 2. The van der Waals surface area contributed by atoms with Crippen molar-refractivity contribution < 1.29 is 8.78 Å². The monoisotopic (exact) mass is 393 g/mol. The predicted molar refractivity (Wildman–Crippen MR) is 104 cm³/mol. The lowest BCUT2D eigenvalue weighted by molar-refractivity contribution is 0.584. The van der Waals surface area contributed by atoms with Crippen LogP contribution in [0, 0.1) is 11.6 Å². The molecule has 1 atom stereocenters. The Morgan fingerprint density at radius 1 is 1.37 bits per heavy atom. The SMILES string of the molecule is CCNC(=NCc1cc(F)ccc1F)NC1CCN(c2ncccc2Cl)C1. The second kappa shape index (κ2) is 8.99. The van der Waals surface area contributed by atoms with E-state index in [0.29, 0.717) is 17.5 Å². The van der Waals surface area contributed by atoms with Gasteiger partial charge in [-0.15, -0.1) is 0 Å². The molecular weight excluding hydrogens is 372 g/mol. The van der Waals surface area contributed by atoms with Crippen LogP contribution in [0.15, 0.2) is 41.5 Å². The van der Waals surface area contributed by atoms with Gasteiger partial charge in [-0.1, -0.05) is 11.6 Å². The zero-order chi connectivity index (χ0) is 19.2. The molecule has 5 nitrogen and oxygen atoms in total. The zero-order valence-corrected chi connectivity index (χ0v) is 15.8. The van der Waals surface area contributed by atoms with E-state index < -0.39 is 11.6 Å². The number of pyridine rings is 1. The fourth-order valence-electron chi connectivity index (χ4n) is 3.02. The van der Waals surface area contributed by atoms with Crippen LogP contribution in [-0.4, -0.2) is 36.6 Å². The Morgan fingerprint density at radius 3 is 3.00 bits per heavy atom. The molecule has 1 saturated heterocycles. The summed E-state index contributed by atoms with van der Waals surface area (Å²) in [5, 5.41) is 7.12. The van der Waals surface area contributed by atoms with Crippen molar-refractivity contribution >= 4 is 23.4 Å². The fraction of sp³-hybridized carbons (Fsp3) is 0.368. The maximum atomic E-state index is 13.8. The number of benzene rings is 1. The number of hydrogen-bond acceptors (Lipinski definition) is 3. The van der Waals surface area contributed by atoms with Gasteiger partial charge in [0, 0.05) is 37.4 Å². The van der Waals surface area contributed by atoms with Crippen molar-refractivity contribution in [2.75, 3.05) is 24.5 Å². The first-order chi connectivity index (χ1) is 13.1. The highest BCUT2D eigenvalue weighted by Crippen LogP contribution is 2.25. The van der Waals surface area contributed by atoms with E-state index in [1.54, 1.807) is 12.3 Å². The van der Waals surface area contributed by atoms with E-state index in [2.05, 4.69) is 25.5 Å². The summed E-state index contributed by atoms with van der Waals surface area (Å²) in [7, 11) is 0. The van der Waals surface area contributed by atoms with Crippen molar-refractivity contribution in [3.8, 4) is 0 Å². The quantitative estimate of drug-likeness (QED) is 0.604. The van der Waals surface area contributed by atoms with E-state index in [1.807, 2.05) is 13.0 Å². The third kappa shape index (κ3) is 5.07. The molecule has 8 heteroatoms. The van der Waals surface area contributed by atoms with E-state index in [1.165, 1.54) is 6.07 Å². The van der Waals surface area contributed by atoms with E-state index in [4.69, 9.17) is 11.6 Å².